The monoisotopic (exact) mass is 827 g/mol. The molecule has 0 saturated heterocycles. The van der Waals surface area contributed by atoms with Gasteiger partial charge in [-0.3, -0.25) is 14.4 Å². The Balaban J connectivity index is 4.40. The number of unbranched alkanes of at least 4 members (excludes halogenated alkanes) is 26. The van der Waals surface area contributed by atoms with Crippen molar-refractivity contribution in [1.29, 1.82) is 0 Å². The van der Waals surface area contributed by atoms with Gasteiger partial charge in [0, 0.05) is 19.3 Å². The molecule has 0 amide bonds. The summed E-state index contributed by atoms with van der Waals surface area (Å²) in [5, 5.41) is 0. The van der Waals surface area contributed by atoms with Gasteiger partial charge in [0.05, 0.1) is 0 Å². The van der Waals surface area contributed by atoms with Crippen LogP contribution >= 0.6 is 0 Å². The lowest BCUT2D eigenvalue weighted by Gasteiger charge is -2.18. The van der Waals surface area contributed by atoms with E-state index in [9.17, 15) is 14.4 Å². The van der Waals surface area contributed by atoms with Gasteiger partial charge in [0.1, 0.15) is 13.2 Å². The molecular formula is C53H94O6. The molecule has 0 aromatic heterocycles. The van der Waals surface area contributed by atoms with Gasteiger partial charge in [-0.1, -0.05) is 204 Å². The molecule has 0 radical (unpaired) electrons. The Kier molecular flexibility index (Phi) is 45.9. The van der Waals surface area contributed by atoms with E-state index in [2.05, 4.69) is 69.4 Å². The van der Waals surface area contributed by atoms with Crippen molar-refractivity contribution < 1.29 is 28.6 Å². The van der Waals surface area contributed by atoms with Crippen LogP contribution in [-0.4, -0.2) is 37.2 Å². The smallest absolute Gasteiger partial charge is 0.306 e. The van der Waals surface area contributed by atoms with Gasteiger partial charge >= 0.3 is 17.9 Å². The van der Waals surface area contributed by atoms with Crippen molar-refractivity contribution in [2.75, 3.05) is 13.2 Å². The predicted molar refractivity (Wildman–Crippen MR) is 252 cm³/mol. The van der Waals surface area contributed by atoms with Gasteiger partial charge in [0.15, 0.2) is 6.10 Å². The minimum absolute atomic E-state index is 0.0801. The maximum absolute atomic E-state index is 12.8. The Morgan fingerprint density at radius 3 is 1.05 bits per heavy atom. The third kappa shape index (κ3) is 46.3. The molecule has 0 aromatic carbocycles. The highest BCUT2D eigenvalue weighted by molar-refractivity contribution is 5.71. The summed E-state index contributed by atoms with van der Waals surface area (Å²) in [6, 6.07) is 0. The molecule has 0 fully saturated rings. The van der Waals surface area contributed by atoms with Crippen LogP contribution in [0.1, 0.15) is 252 Å². The molecule has 0 saturated carbocycles. The molecule has 0 aliphatic carbocycles. The molecule has 0 N–H and O–H groups in total. The van der Waals surface area contributed by atoms with Crippen LogP contribution in [0.25, 0.3) is 0 Å². The zero-order valence-corrected chi connectivity index (χ0v) is 39.0. The van der Waals surface area contributed by atoms with E-state index >= 15 is 0 Å². The summed E-state index contributed by atoms with van der Waals surface area (Å²) in [5.41, 5.74) is 0. The Morgan fingerprint density at radius 1 is 0.356 bits per heavy atom. The minimum Gasteiger partial charge on any atom is -0.462 e. The third-order valence-corrected chi connectivity index (χ3v) is 10.8. The number of esters is 3. The van der Waals surface area contributed by atoms with E-state index in [1.807, 2.05) is 0 Å². The SMILES string of the molecule is CC/C=C\C/C=C\C/C=C\CCCCCCCC(=O)OC[C@H](COC(=O)CCCCCCCCCCCCC)OC(=O)CCCCCCC/C=C\CCCCCCCC. The van der Waals surface area contributed by atoms with Gasteiger partial charge in [0.25, 0.3) is 0 Å². The van der Waals surface area contributed by atoms with E-state index in [1.165, 1.54) is 103 Å². The van der Waals surface area contributed by atoms with E-state index in [1.54, 1.807) is 0 Å². The highest BCUT2D eigenvalue weighted by Gasteiger charge is 2.19. The van der Waals surface area contributed by atoms with Crippen molar-refractivity contribution in [3.8, 4) is 0 Å². The zero-order chi connectivity index (χ0) is 43.0. The number of carbonyl (C=O) groups is 3. The van der Waals surface area contributed by atoms with Gasteiger partial charge in [-0.05, 0) is 77.0 Å². The minimum atomic E-state index is -0.780. The van der Waals surface area contributed by atoms with Gasteiger partial charge in [-0.15, -0.1) is 0 Å². The molecule has 0 aliphatic heterocycles. The Bertz CT molecular complexity index is 1040. The molecule has 59 heavy (non-hydrogen) atoms. The fourth-order valence-corrected chi connectivity index (χ4v) is 7.04. The molecule has 0 unspecified atom stereocenters. The molecule has 6 nitrogen and oxygen atoms in total. The summed E-state index contributed by atoms with van der Waals surface area (Å²) in [5.74, 6) is -0.902. The average Bonchev–Trinajstić information content (AvgIpc) is 3.23. The fourth-order valence-electron chi connectivity index (χ4n) is 7.04. The first kappa shape index (κ1) is 56.4. The number of ether oxygens (including phenoxy) is 3. The van der Waals surface area contributed by atoms with Gasteiger partial charge in [-0.25, -0.2) is 0 Å². The Hall–Kier alpha value is -2.63. The first-order chi connectivity index (χ1) is 29.0. The van der Waals surface area contributed by atoms with Crippen molar-refractivity contribution in [3.05, 3.63) is 48.6 Å². The molecule has 0 bridgehead atoms. The molecule has 0 rings (SSSR count). The maximum atomic E-state index is 12.8. The molecule has 0 aliphatic rings. The summed E-state index contributed by atoms with van der Waals surface area (Å²) in [7, 11) is 0. The van der Waals surface area contributed by atoms with Crippen LogP contribution in [0, 0.1) is 0 Å². The van der Waals surface area contributed by atoms with Crippen LogP contribution in [0.15, 0.2) is 48.6 Å². The largest absolute Gasteiger partial charge is 0.462 e. The quantitative estimate of drug-likeness (QED) is 0.0263. The van der Waals surface area contributed by atoms with Gasteiger partial charge in [-0.2, -0.15) is 0 Å². The topological polar surface area (TPSA) is 78.9 Å². The molecular weight excluding hydrogens is 733 g/mol. The summed E-state index contributed by atoms with van der Waals surface area (Å²) in [4.78, 5) is 37.9. The first-order valence-electron chi connectivity index (χ1n) is 25.1. The second-order valence-corrected chi connectivity index (χ2v) is 16.7. The lowest BCUT2D eigenvalue weighted by atomic mass is 10.1. The fraction of sp³-hybridized carbons (Fsp3) is 0.792. The molecule has 0 heterocycles. The number of allylic oxidation sites excluding steroid dienone is 8. The molecule has 6 heteroatoms. The van der Waals surface area contributed by atoms with Crippen molar-refractivity contribution in [2.45, 2.75) is 258 Å². The van der Waals surface area contributed by atoms with Crippen LogP contribution in [0.4, 0.5) is 0 Å². The summed E-state index contributed by atoms with van der Waals surface area (Å²) >= 11 is 0. The van der Waals surface area contributed by atoms with E-state index < -0.39 is 6.10 Å². The number of hydrogen-bond acceptors (Lipinski definition) is 6. The van der Waals surface area contributed by atoms with Gasteiger partial charge < -0.3 is 14.2 Å². The standard InChI is InChI=1S/C53H94O6/c1-4-7-10-13-16-19-22-24-26-28-31-34-37-40-43-46-52(55)58-49-50(48-57-51(54)45-42-39-36-33-30-21-18-15-12-9-6-3)59-53(56)47-44-41-38-35-32-29-27-25-23-20-17-14-11-8-5-2/h7,10,16,19,24-27,50H,4-6,8-9,11-15,17-18,20-23,28-49H2,1-3H3/b10-7-,19-16-,26-24-,27-25-/t50-/m0/s1. The molecule has 0 aromatic rings. The summed E-state index contributed by atoms with van der Waals surface area (Å²) in [6.45, 7) is 6.50. The van der Waals surface area contributed by atoms with Crippen molar-refractivity contribution in [2.24, 2.45) is 0 Å². The highest BCUT2D eigenvalue weighted by Crippen LogP contribution is 2.14. The number of carbonyl (C=O) groups excluding carboxylic acids is 3. The summed E-state index contributed by atoms with van der Waals surface area (Å²) in [6.07, 6.45) is 56.6. The van der Waals surface area contributed by atoms with Crippen LogP contribution in [0.3, 0.4) is 0 Å². The van der Waals surface area contributed by atoms with E-state index in [4.69, 9.17) is 14.2 Å². The van der Waals surface area contributed by atoms with Crippen LogP contribution < -0.4 is 0 Å². The van der Waals surface area contributed by atoms with Crippen LogP contribution in [0.5, 0.6) is 0 Å². The maximum Gasteiger partial charge on any atom is 0.306 e. The lowest BCUT2D eigenvalue weighted by Crippen LogP contribution is -2.30. The predicted octanol–water partition coefficient (Wildman–Crippen LogP) is 16.3. The normalized spacial score (nSPS) is 12.4. The highest BCUT2D eigenvalue weighted by atomic mass is 16.6. The second kappa shape index (κ2) is 48.0. The number of rotatable bonds is 45. The van der Waals surface area contributed by atoms with Crippen LogP contribution in [-0.2, 0) is 28.6 Å². The number of hydrogen-bond donors (Lipinski definition) is 0. The van der Waals surface area contributed by atoms with Gasteiger partial charge in [0.2, 0.25) is 0 Å². The van der Waals surface area contributed by atoms with E-state index in [-0.39, 0.29) is 31.1 Å². The average molecular weight is 827 g/mol. The summed E-state index contributed by atoms with van der Waals surface area (Å²) < 4.78 is 16.8. The first-order valence-corrected chi connectivity index (χ1v) is 25.1. The lowest BCUT2D eigenvalue weighted by molar-refractivity contribution is -0.167. The van der Waals surface area contributed by atoms with E-state index in [0.717, 1.165) is 109 Å². The van der Waals surface area contributed by atoms with Crippen molar-refractivity contribution >= 4 is 17.9 Å². The molecule has 0 spiro atoms. The van der Waals surface area contributed by atoms with Crippen LogP contribution in [0.2, 0.25) is 0 Å². The Labute approximate surface area is 365 Å². The zero-order valence-electron chi connectivity index (χ0n) is 39.0. The second-order valence-electron chi connectivity index (χ2n) is 16.7. The molecule has 342 valence electrons. The van der Waals surface area contributed by atoms with Crippen molar-refractivity contribution in [3.63, 3.8) is 0 Å². The molecule has 1 atom stereocenters. The third-order valence-electron chi connectivity index (χ3n) is 10.8. The van der Waals surface area contributed by atoms with E-state index in [0.29, 0.717) is 19.3 Å². The van der Waals surface area contributed by atoms with Crippen molar-refractivity contribution in [1.82, 2.24) is 0 Å². The Morgan fingerprint density at radius 2 is 0.661 bits per heavy atom.